The van der Waals surface area contributed by atoms with Crippen LogP contribution in [0.1, 0.15) is 91.4 Å². The van der Waals surface area contributed by atoms with E-state index in [0.29, 0.717) is 24.1 Å². The van der Waals surface area contributed by atoms with Crippen molar-refractivity contribution in [2.75, 3.05) is 6.61 Å². The summed E-state index contributed by atoms with van der Waals surface area (Å²) in [5.74, 6) is 0.256. The van der Waals surface area contributed by atoms with Gasteiger partial charge in [0.1, 0.15) is 17.9 Å². The van der Waals surface area contributed by atoms with E-state index in [9.17, 15) is 9.59 Å². The number of rotatable bonds is 14. The standard InChI is InChI=1S/C33H43N3O5S/c37-32(36-39)31-20-25-15-12-24(19-30(25)42-31)22-34-21-23-13-16-27(17-14-23)40-18-6-11-29(35-26-7-2-1-3-8-26)33(38)41-28-9-4-5-10-28/h12-17,19-20,26,28-29,34-35,39H,1-11,18,21-22H2,(H,36,37)/t29-/m0/s1. The van der Waals surface area contributed by atoms with Crippen LogP contribution in [0.25, 0.3) is 10.1 Å². The minimum Gasteiger partial charge on any atom is -0.494 e. The van der Waals surface area contributed by atoms with E-state index in [0.717, 1.165) is 84.9 Å². The van der Waals surface area contributed by atoms with Crippen molar-refractivity contribution in [1.82, 2.24) is 16.1 Å². The third-order valence-electron chi connectivity index (χ3n) is 8.31. The number of benzene rings is 2. The Hall–Kier alpha value is -2.98. The fourth-order valence-corrected chi connectivity index (χ4v) is 6.98. The molecule has 2 aliphatic carbocycles. The van der Waals surface area contributed by atoms with Gasteiger partial charge in [-0.2, -0.15) is 0 Å². The summed E-state index contributed by atoms with van der Waals surface area (Å²) in [5, 5.41) is 16.9. The molecule has 0 radical (unpaired) electrons. The topological polar surface area (TPSA) is 109 Å². The van der Waals surface area contributed by atoms with Gasteiger partial charge in [-0.15, -0.1) is 11.3 Å². The van der Waals surface area contributed by atoms with Gasteiger partial charge in [0.25, 0.3) is 5.91 Å². The molecular formula is C33H43N3O5S. The average molecular weight is 594 g/mol. The van der Waals surface area contributed by atoms with E-state index in [1.807, 2.05) is 24.3 Å². The molecule has 0 saturated heterocycles. The number of ether oxygens (including phenoxy) is 2. The van der Waals surface area contributed by atoms with Crippen molar-refractivity contribution in [1.29, 1.82) is 0 Å². The van der Waals surface area contributed by atoms with Gasteiger partial charge in [0.05, 0.1) is 11.5 Å². The molecule has 42 heavy (non-hydrogen) atoms. The van der Waals surface area contributed by atoms with Crippen LogP contribution in [0.3, 0.4) is 0 Å². The second-order valence-corrected chi connectivity index (χ2v) is 12.6. The molecule has 2 aliphatic rings. The van der Waals surface area contributed by atoms with Crippen LogP contribution in [-0.2, 0) is 22.6 Å². The monoisotopic (exact) mass is 593 g/mol. The minimum atomic E-state index is -0.488. The molecule has 1 atom stereocenters. The number of thiophene rings is 1. The molecule has 1 heterocycles. The number of hydrogen-bond acceptors (Lipinski definition) is 8. The quantitative estimate of drug-likeness (QED) is 0.0758. The maximum absolute atomic E-state index is 13.0. The molecule has 0 aliphatic heterocycles. The van der Waals surface area contributed by atoms with Crippen LogP contribution in [0.2, 0.25) is 0 Å². The third-order valence-corrected chi connectivity index (χ3v) is 9.41. The maximum atomic E-state index is 13.0. The highest BCUT2D eigenvalue weighted by Crippen LogP contribution is 2.27. The third kappa shape index (κ3) is 8.77. The summed E-state index contributed by atoms with van der Waals surface area (Å²) in [7, 11) is 0. The van der Waals surface area contributed by atoms with E-state index in [4.69, 9.17) is 14.7 Å². The van der Waals surface area contributed by atoms with Gasteiger partial charge in [-0.1, -0.05) is 43.5 Å². The molecular weight excluding hydrogens is 550 g/mol. The number of carbonyl (C=O) groups is 2. The van der Waals surface area contributed by atoms with Crippen LogP contribution >= 0.6 is 11.3 Å². The van der Waals surface area contributed by atoms with Gasteiger partial charge >= 0.3 is 5.97 Å². The van der Waals surface area contributed by atoms with Crippen molar-refractivity contribution < 1.29 is 24.3 Å². The minimum absolute atomic E-state index is 0.0847. The van der Waals surface area contributed by atoms with Gasteiger partial charge in [-0.05, 0) is 92.1 Å². The number of hydrogen-bond donors (Lipinski definition) is 4. The van der Waals surface area contributed by atoms with E-state index in [2.05, 4.69) is 28.8 Å². The lowest BCUT2D eigenvalue weighted by Gasteiger charge is -2.28. The van der Waals surface area contributed by atoms with Crippen molar-refractivity contribution in [3.8, 4) is 5.75 Å². The van der Waals surface area contributed by atoms with E-state index < -0.39 is 5.91 Å². The van der Waals surface area contributed by atoms with Gasteiger partial charge in [0, 0.05) is 23.8 Å². The van der Waals surface area contributed by atoms with Gasteiger partial charge in [0.2, 0.25) is 0 Å². The van der Waals surface area contributed by atoms with Crippen LogP contribution in [0, 0.1) is 0 Å². The Morgan fingerprint density at radius 3 is 2.38 bits per heavy atom. The molecule has 0 unspecified atom stereocenters. The molecule has 0 spiro atoms. The Kier molecular flexibility index (Phi) is 11.2. The first-order valence-corrected chi connectivity index (χ1v) is 16.2. The van der Waals surface area contributed by atoms with E-state index in [-0.39, 0.29) is 18.1 Å². The van der Waals surface area contributed by atoms with E-state index in [1.165, 1.54) is 30.6 Å². The van der Waals surface area contributed by atoms with Crippen LogP contribution in [0.4, 0.5) is 0 Å². The van der Waals surface area contributed by atoms with Gasteiger partial charge in [0.15, 0.2) is 0 Å². The Labute approximate surface area is 252 Å². The Morgan fingerprint density at radius 1 is 0.905 bits per heavy atom. The van der Waals surface area contributed by atoms with Crippen molar-refractivity contribution in [2.45, 2.75) is 102 Å². The Bertz CT molecular complexity index is 1300. The normalized spacial score (nSPS) is 16.9. The second-order valence-electron chi connectivity index (χ2n) is 11.6. The highest BCUT2D eigenvalue weighted by molar-refractivity contribution is 7.20. The first-order chi connectivity index (χ1) is 20.6. The molecule has 4 N–H and O–H groups in total. The van der Waals surface area contributed by atoms with Gasteiger partial charge < -0.3 is 20.1 Å². The summed E-state index contributed by atoms with van der Waals surface area (Å²) in [6.45, 7) is 1.98. The molecule has 1 amide bonds. The number of carbonyl (C=O) groups excluding carboxylic acids is 2. The first kappa shape index (κ1) is 30.5. The Morgan fingerprint density at radius 2 is 1.62 bits per heavy atom. The van der Waals surface area contributed by atoms with Crippen molar-refractivity contribution in [3.05, 3.63) is 64.5 Å². The smallest absolute Gasteiger partial charge is 0.323 e. The number of amides is 1. The molecule has 2 fully saturated rings. The number of esters is 1. The predicted octanol–water partition coefficient (Wildman–Crippen LogP) is 6.25. The Balaban J connectivity index is 1.04. The largest absolute Gasteiger partial charge is 0.494 e. The highest BCUT2D eigenvalue weighted by atomic mass is 32.1. The van der Waals surface area contributed by atoms with E-state index in [1.54, 1.807) is 11.5 Å². The number of nitrogens with one attached hydrogen (secondary N) is 3. The molecule has 9 heteroatoms. The molecule has 226 valence electrons. The van der Waals surface area contributed by atoms with Crippen LogP contribution in [-0.4, -0.2) is 41.9 Å². The zero-order valence-electron chi connectivity index (χ0n) is 24.2. The summed E-state index contributed by atoms with van der Waals surface area (Å²) in [6.07, 6.45) is 11.9. The lowest BCUT2D eigenvalue weighted by molar-refractivity contribution is -0.152. The summed E-state index contributed by atoms with van der Waals surface area (Å²) in [6, 6.07) is 16.2. The van der Waals surface area contributed by atoms with Crippen molar-refractivity contribution in [3.63, 3.8) is 0 Å². The summed E-state index contributed by atoms with van der Waals surface area (Å²) < 4.78 is 12.9. The predicted molar refractivity (Wildman–Crippen MR) is 165 cm³/mol. The molecule has 0 bridgehead atoms. The zero-order chi connectivity index (χ0) is 29.1. The van der Waals surface area contributed by atoms with Crippen LogP contribution in [0.15, 0.2) is 48.5 Å². The summed E-state index contributed by atoms with van der Waals surface area (Å²) in [5.41, 5.74) is 3.98. The average Bonchev–Trinajstić information content (AvgIpc) is 3.69. The maximum Gasteiger partial charge on any atom is 0.323 e. The zero-order valence-corrected chi connectivity index (χ0v) is 25.1. The highest BCUT2D eigenvalue weighted by Gasteiger charge is 2.28. The number of fused-ring (bicyclic) bond motifs is 1. The van der Waals surface area contributed by atoms with Gasteiger partial charge in [-0.3, -0.25) is 14.8 Å². The fourth-order valence-electron chi connectivity index (χ4n) is 5.96. The lowest BCUT2D eigenvalue weighted by atomic mass is 9.94. The fraction of sp³-hybridized carbons (Fsp3) is 0.515. The first-order valence-electron chi connectivity index (χ1n) is 15.4. The molecule has 8 nitrogen and oxygen atoms in total. The number of hydroxylamine groups is 1. The van der Waals surface area contributed by atoms with Crippen LogP contribution < -0.4 is 20.9 Å². The van der Waals surface area contributed by atoms with Crippen molar-refractivity contribution in [2.24, 2.45) is 0 Å². The second kappa shape index (κ2) is 15.5. The van der Waals surface area contributed by atoms with Gasteiger partial charge in [-0.25, -0.2) is 5.48 Å². The lowest BCUT2D eigenvalue weighted by Crippen LogP contribution is -2.45. The van der Waals surface area contributed by atoms with E-state index >= 15 is 0 Å². The molecule has 1 aromatic heterocycles. The molecule has 2 aromatic carbocycles. The van der Waals surface area contributed by atoms with Crippen molar-refractivity contribution >= 4 is 33.3 Å². The summed E-state index contributed by atoms with van der Waals surface area (Å²) in [4.78, 5) is 25.2. The van der Waals surface area contributed by atoms with Crippen LogP contribution in [0.5, 0.6) is 5.75 Å². The summed E-state index contributed by atoms with van der Waals surface area (Å²) >= 11 is 1.36. The molecule has 3 aromatic rings. The molecule has 2 saturated carbocycles. The SMILES string of the molecule is O=C(NO)c1cc2ccc(CNCc3ccc(OCCC[C@H](NC4CCCCC4)C(=O)OC4CCCC4)cc3)cc2s1. The molecule has 5 rings (SSSR count).